The molecule has 2 heterocycles. The molecule has 3 aromatic rings. The first-order chi connectivity index (χ1) is 16.1. The normalized spacial score (nSPS) is 15.6. The Balaban J connectivity index is 1.73. The average molecular weight is 496 g/mol. The van der Waals surface area contributed by atoms with Gasteiger partial charge in [-0.1, -0.05) is 24.3 Å². The Labute approximate surface area is 194 Å². The number of fused-ring (bicyclic) bond motifs is 1. The fourth-order valence-corrected chi connectivity index (χ4v) is 5.55. The quantitative estimate of drug-likeness (QED) is 0.524. The zero-order chi connectivity index (χ0) is 24.5. The fourth-order valence-electron chi connectivity index (χ4n) is 4.08. The second-order valence-corrected chi connectivity index (χ2v) is 10.2. The monoisotopic (exact) mass is 495 g/mol. The van der Waals surface area contributed by atoms with Gasteiger partial charge in [-0.05, 0) is 43.5 Å². The molecule has 0 unspecified atom stereocenters. The van der Waals surface area contributed by atoms with Gasteiger partial charge in [0.05, 0.1) is 41.4 Å². The van der Waals surface area contributed by atoms with Crippen molar-refractivity contribution in [3.63, 3.8) is 0 Å². The van der Waals surface area contributed by atoms with Gasteiger partial charge in [0.2, 0.25) is 10.0 Å². The standard InChI is InChI=1S/C23H24F3N3O4S/c1-16-5-2-3-7-20(16)29-21-15-17(23(24,25)26)8-9-18(21)19(27-22(29)30)6-4-14-34(31,32)28-10-12-33-13-11-28/h2-3,5,7-9,15H,4,6,10-14H2,1H3. The van der Waals surface area contributed by atoms with Crippen LogP contribution in [0.25, 0.3) is 16.6 Å². The summed E-state index contributed by atoms with van der Waals surface area (Å²) in [7, 11) is -3.51. The molecule has 0 radical (unpaired) electrons. The van der Waals surface area contributed by atoms with Crippen LogP contribution in [-0.4, -0.2) is 54.3 Å². The van der Waals surface area contributed by atoms with E-state index in [1.807, 2.05) is 0 Å². The summed E-state index contributed by atoms with van der Waals surface area (Å²) in [5.41, 5.74) is -0.105. The highest BCUT2D eigenvalue weighted by Crippen LogP contribution is 2.32. The molecule has 0 atom stereocenters. The molecule has 7 nitrogen and oxygen atoms in total. The van der Waals surface area contributed by atoms with E-state index in [1.54, 1.807) is 31.2 Å². The molecule has 0 saturated carbocycles. The third kappa shape index (κ3) is 5.01. The molecule has 0 amide bonds. The number of benzene rings is 2. The van der Waals surface area contributed by atoms with Gasteiger partial charge < -0.3 is 4.74 Å². The van der Waals surface area contributed by atoms with E-state index in [-0.39, 0.29) is 42.9 Å². The molecule has 2 aromatic carbocycles. The third-order valence-electron chi connectivity index (χ3n) is 5.83. The minimum atomic E-state index is -4.59. The van der Waals surface area contributed by atoms with Crippen molar-refractivity contribution in [2.45, 2.75) is 25.9 Å². The van der Waals surface area contributed by atoms with E-state index in [9.17, 15) is 26.4 Å². The first-order valence-electron chi connectivity index (χ1n) is 10.8. The molecule has 1 aromatic heterocycles. The van der Waals surface area contributed by atoms with Gasteiger partial charge in [0.25, 0.3) is 0 Å². The van der Waals surface area contributed by atoms with Gasteiger partial charge in [0.1, 0.15) is 0 Å². The number of aryl methyl sites for hydroxylation is 2. The lowest BCUT2D eigenvalue weighted by atomic mass is 10.1. The van der Waals surface area contributed by atoms with E-state index in [4.69, 9.17) is 4.74 Å². The van der Waals surface area contributed by atoms with Crippen molar-refractivity contribution >= 4 is 20.9 Å². The van der Waals surface area contributed by atoms with Crippen molar-refractivity contribution in [1.29, 1.82) is 0 Å². The Morgan fingerprint density at radius 1 is 1.09 bits per heavy atom. The van der Waals surface area contributed by atoms with Crippen molar-refractivity contribution in [1.82, 2.24) is 13.9 Å². The molecule has 1 saturated heterocycles. The van der Waals surface area contributed by atoms with Crippen LogP contribution in [-0.2, 0) is 27.4 Å². The van der Waals surface area contributed by atoms with E-state index >= 15 is 0 Å². The Bertz CT molecular complexity index is 1360. The lowest BCUT2D eigenvalue weighted by molar-refractivity contribution is -0.137. The van der Waals surface area contributed by atoms with E-state index in [0.29, 0.717) is 29.9 Å². The molecular formula is C23H24F3N3O4S. The predicted octanol–water partition coefficient (Wildman–Crippen LogP) is 3.31. The van der Waals surface area contributed by atoms with Crippen LogP contribution in [0.1, 0.15) is 23.2 Å². The summed E-state index contributed by atoms with van der Waals surface area (Å²) in [6, 6.07) is 10.1. The smallest absolute Gasteiger partial charge is 0.379 e. The van der Waals surface area contributed by atoms with Gasteiger partial charge in [-0.25, -0.2) is 13.2 Å². The molecule has 0 aliphatic carbocycles. The minimum Gasteiger partial charge on any atom is -0.379 e. The van der Waals surface area contributed by atoms with Gasteiger partial charge in [-0.15, -0.1) is 0 Å². The number of hydrogen-bond donors (Lipinski definition) is 0. The number of hydrogen-bond acceptors (Lipinski definition) is 5. The van der Waals surface area contributed by atoms with Gasteiger partial charge in [-0.2, -0.15) is 22.5 Å². The van der Waals surface area contributed by atoms with Crippen molar-refractivity contribution in [3.8, 4) is 5.69 Å². The molecule has 0 spiro atoms. The summed E-state index contributed by atoms with van der Waals surface area (Å²) >= 11 is 0. The second-order valence-electron chi connectivity index (χ2n) is 8.12. The summed E-state index contributed by atoms with van der Waals surface area (Å²) in [4.78, 5) is 17.1. The molecule has 11 heteroatoms. The highest BCUT2D eigenvalue weighted by molar-refractivity contribution is 7.89. The molecule has 4 rings (SSSR count). The maximum atomic E-state index is 13.5. The van der Waals surface area contributed by atoms with Crippen molar-refractivity contribution in [2.75, 3.05) is 32.1 Å². The Kier molecular flexibility index (Phi) is 6.79. The number of sulfonamides is 1. The van der Waals surface area contributed by atoms with Crippen molar-refractivity contribution in [2.24, 2.45) is 0 Å². The van der Waals surface area contributed by atoms with Crippen LogP contribution < -0.4 is 5.69 Å². The summed E-state index contributed by atoms with van der Waals surface area (Å²) < 4.78 is 73.3. The number of halogens is 3. The molecule has 0 N–H and O–H groups in total. The minimum absolute atomic E-state index is 0.0789. The first-order valence-corrected chi connectivity index (χ1v) is 12.4. The number of para-hydroxylation sites is 1. The van der Waals surface area contributed by atoms with Crippen molar-refractivity contribution in [3.05, 3.63) is 69.8 Å². The van der Waals surface area contributed by atoms with Gasteiger partial charge in [-0.3, -0.25) is 4.57 Å². The van der Waals surface area contributed by atoms with Gasteiger partial charge >= 0.3 is 11.9 Å². The SMILES string of the molecule is Cc1ccccc1-n1c(=O)nc(CCCS(=O)(=O)N2CCOCC2)c2ccc(C(F)(F)F)cc21. The third-order valence-corrected chi connectivity index (χ3v) is 7.79. The highest BCUT2D eigenvalue weighted by atomic mass is 32.2. The molecule has 1 aliphatic heterocycles. The largest absolute Gasteiger partial charge is 0.416 e. The Morgan fingerprint density at radius 3 is 2.47 bits per heavy atom. The number of ether oxygens (including phenoxy) is 1. The van der Waals surface area contributed by atoms with E-state index in [1.165, 1.54) is 14.9 Å². The number of alkyl halides is 3. The maximum Gasteiger partial charge on any atom is 0.416 e. The predicted molar refractivity (Wildman–Crippen MR) is 122 cm³/mol. The zero-order valence-corrected chi connectivity index (χ0v) is 19.3. The molecule has 1 fully saturated rings. The Morgan fingerprint density at radius 2 is 1.79 bits per heavy atom. The lowest BCUT2D eigenvalue weighted by Gasteiger charge is -2.26. The fraction of sp³-hybridized carbons (Fsp3) is 0.391. The molecule has 34 heavy (non-hydrogen) atoms. The average Bonchev–Trinajstić information content (AvgIpc) is 2.79. The van der Waals surface area contributed by atoms with E-state index in [2.05, 4.69) is 4.98 Å². The van der Waals surface area contributed by atoms with Crippen LogP contribution in [0.15, 0.2) is 47.3 Å². The van der Waals surface area contributed by atoms with Gasteiger partial charge in [0, 0.05) is 18.5 Å². The number of nitrogens with zero attached hydrogens (tertiary/aromatic N) is 3. The van der Waals surface area contributed by atoms with Crippen LogP contribution in [0, 0.1) is 6.92 Å². The molecule has 182 valence electrons. The number of morpholine rings is 1. The summed E-state index contributed by atoms with van der Waals surface area (Å²) in [6.07, 6.45) is -4.28. The molecule has 0 bridgehead atoms. The van der Waals surface area contributed by atoms with E-state index < -0.39 is 27.5 Å². The first kappa shape index (κ1) is 24.4. The number of rotatable bonds is 6. The van der Waals surface area contributed by atoms with Gasteiger partial charge in [0.15, 0.2) is 0 Å². The second kappa shape index (κ2) is 9.47. The molecular weight excluding hydrogens is 471 g/mol. The Hall–Kier alpha value is -2.76. The topological polar surface area (TPSA) is 81.5 Å². The van der Waals surface area contributed by atoms with Crippen LogP contribution in [0.2, 0.25) is 0 Å². The summed E-state index contributed by atoms with van der Waals surface area (Å²) in [5.74, 6) is -0.155. The highest BCUT2D eigenvalue weighted by Gasteiger charge is 2.31. The van der Waals surface area contributed by atoms with E-state index in [0.717, 1.165) is 12.1 Å². The zero-order valence-electron chi connectivity index (χ0n) is 18.5. The van der Waals surface area contributed by atoms with Crippen LogP contribution in [0.3, 0.4) is 0 Å². The summed E-state index contributed by atoms with van der Waals surface area (Å²) in [5, 5.41) is 0.375. The number of aromatic nitrogens is 2. The van der Waals surface area contributed by atoms with Crippen LogP contribution >= 0.6 is 0 Å². The van der Waals surface area contributed by atoms with Crippen molar-refractivity contribution < 1.29 is 26.3 Å². The molecule has 1 aliphatic rings. The van der Waals surface area contributed by atoms with Crippen LogP contribution in [0.5, 0.6) is 0 Å². The van der Waals surface area contributed by atoms with Crippen LogP contribution in [0.4, 0.5) is 13.2 Å². The maximum absolute atomic E-state index is 13.5. The lowest BCUT2D eigenvalue weighted by Crippen LogP contribution is -2.41. The summed E-state index contributed by atoms with van der Waals surface area (Å²) in [6.45, 7) is 3.01.